The van der Waals surface area contributed by atoms with Gasteiger partial charge < -0.3 is 10.6 Å². The number of amides is 1. The summed E-state index contributed by atoms with van der Waals surface area (Å²) in [5, 5.41) is 6.34. The lowest BCUT2D eigenvalue weighted by atomic mass is 10.2. The fourth-order valence-corrected chi connectivity index (χ4v) is 2.09. The molecule has 0 saturated heterocycles. The maximum absolute atomic E-state index is 13.5. The van der Waals surface area contributed by atoms with Gasteiger partial charge in [-0.2, -0.15) is 0 Å². The van der Waals surface area contributed by atoms with Crippen LogP contribution in [0.3, 0.4) is 0 Å². The molecule has 0 aliphatic heterocycles. The molecule has 0 radical (unpaired) electrons. The van der Waals surface area contributed by atoms with Crippen molar-refractivity contribution in [3.63, 3.8) is 0 Å². The molecule has 0 aliphatic rings. The van der Waals surface area contributed by atoms with Crippen molar-refractivity contribution in [2.75, 3.05) is 17.2 Å². The molecule has 110 valence electrons. The lowest BCUT2D eigenvalue weighted by Gasteiger charge is -2.11. The molecule has 0 aliphatic carbocycles. The Morgan fingerprint density at radius 1 is 1.10 bits per heavy atom. The summed E-state index contributed by atoms with van der Waals surface area (Å²) in [6, 6.07) is 9.32. The number of hydrogen-bond acceptors (Lipinski definition) is 2. The largest absolute Gasteiger partial charge is 0.376 e. The van der Waals surface area contributed by atoms with Crippen LogP contribution in [0, 0.1) is 12.7 Å². The highest BCUT2D eigenvalue weighted by molar-refractivity contribution is 6.31. The number of carbonyl (C=O) groups excluding carboxylic acids is 1. The van der Waals surface area contributed by atoms with Crippen molar-refractivity contribution in [1.82, 2.24) is 0 Å². The van der Waals surface area contributed by atoms with Gasteiger partial charge >= 0.3 is 0 Å². The molecule has 0 fully saturated rings. The molecule has 21 heavy (non-hydrogen) atoms. The molecule has 0 spiro atoms. The summed E-state index contributed by atoms with van der Waals surface area (Å²) in [6.45, 7) is 1.89. The van der Waals surface area contributed by atoms with Crippen molar-refractivity contribution in [3.05, 3.63) is 57.8 Å². The van der Waals surface area contributed by atoms with Crippen molar-refractivity contribution in [1.29, 1.82) is 0 Å². The second-order valence-electron chi connectivity index (χ2n) is 4.49. The summed E-state index contributed by atoms with van der Waals surface area (Å²) in [5.41, 5.74) is 1.77. The summed E-state index contributed by atoms with van der Waals surface area (Å²) < 4.78 is 13.5. The highest BCUT2D eigenvalue weighted by atomic mass is 35.5. The Bertz CT molecular complexity index is 677. The van der Waals surface area contributed by atoms with Crippen LogP contribution < -0.4 is 10.6 Å². The van der Waals surface area contributed by atoms with Crippen molar-refractivity contribution in [3.8, 4) is 0 Å². The molecule has 0 atom stereocenters. The molecule has 1 amide bonds. The third-order valence-corrected chi connectivity index (χ3v) is 3.31. The van der Waals surface area contributed by atoms with E-state index in [9.17, 15) is 9.18 Å². The Hall–Kier alpha value is -1.78. The van der Waals surface area contributed by atoms with Crippen LogP contribution in [0.25, 0.3) is 0 Å². The third-order valence-electron chi connectivity index (χ3n) is 2.84. The average Bonchev–Trinajstić information content (AvgIpc) is 2.44. The Balaban J connectivity index is 1.99. The van der Waals surface area contributed by atoms with E-state index < -0.39 is 5.82 Å². The van der Waals surface area contributed by atoms with E-state index >= 15 is 0 Å². The molecule has 0 unspecified atom stereocenters. The minimum absolute atomic E-state index is 0.00681. The highest BCUT2D eigenvalue weighted by Crippen LogP contribution is 2.21. The van der Waals surface area contributed by atoms with E-state index in [1.54, 1.807) is 12.1 Å². The molecular formula is C15H13Cl2FN2O. The van der Waals surface area contributed by atoms with E-state index in [0.717, 1.165) is 11.3 Å². The molecule has 2 aromatic rings. The van der Waals surface area contributed by atoms with Gasteiger partial charge in [0.15, 0.2) is 0 Å². The van der Waals surface area contributed by atoms with E-state index in [1.807, 2.05) is 13.0 Å². The maximum Gasteiger partial charge on any atom is 0.243 e. The van der Waals surface area contributed by atoms with Crippen LogP contribution in [0.2, 0.25) is 10.0 Å². The molecule has 2 aromatic carbocycles. The minimum atomic E-state index is -0.535. The standard InChI is InChI=1S/C15H13Cl2FN2O/c1-9-2-3-10(16)6-13(9)19-8-15(21)20-14-7-11(17)4-5-12(14)18/h2-7,19H,8H2,1H3,(H,20,21). The number of hydrogen-bond donors (Lipinski definition) is 2. The van der Waals surface area contributed by atoms with Gasteiger partial charge in [-0.15, -0.1) is 0 Å². The lowest BCUT2D eigenvalue weighted by molar-refractivity contribution is -0.114. The fraction of sp³-hybridized carbons (Fsp3) is 0.133. The molecule has 2 N–H and O–H groups in total. The monoisotopic (exact) mass is 326 g/mol. The first kappa shape index (κ1) is 15.6. The Kier molecular flexibility index (Phi) is 5.04. The zero-order valence-corrected chi connectivity index (χ0v) is 12.7. The van der Waals surface area contributed by atoms with E-state index in [2.05, 4.69) is 10.6 Å². The van der Waals surface area contributed by atoms with Crippen molar-refractivity contribution in [2.24, 2.45) is 0 Å². The molecule has 6 heteroatoms. The zero-order chi connectivity index (χ0) is 15.4. The number of nitrogens with one attached hydrogen (secondary N) is 2. The summed E-state index contributed by atoms with van der Waals surface area (Å²) in [5.74, 6) is -0.915. The molecule has 0 bridgehead atoms. The van der Waals surface area contributed by atoms with Crippen LogP contribution in [0.5, 0.6) is 0 Å². The van der Waals surface area contributed by atoms with Crippen LogP contribution >= 0.6 is 23.2 Å². The van der Waals surface area contributed by atoms with Crippen molar-refractivity contribution in [2.45, 2.75) is 6.92 Å². The Labute approximate surface area is 132 Å². The topological polar surface area (TPSA) is 41.1 Å². The summed E-state index contributed by atoms with van der Waals surface area (Å²) >= 11 is 11.7. The predicted molar refractivity (Wildman–Crippen MR) is 84.7 cm³/mol. The molecule has 3 nitrogen and oxygen atoms in total. The van der Waals surface area contributed by atoms with Gasteiger partial charge in [0.1, 0.15) is 5.82 Å². The smallest absolute Gasteiger partial charge is 0.243 e. The second kappa shape index (κ2) is 6.78. The fourth-order valence-electron chi connectivity index (χ4n) is 1.75. The normalized spacial score (nSPS) is 10.3. The third kappa shape index (κ3) is 4.34. The highest BCUT2D eigenvalue weighted by Gasteiger charge is 2.08. The Morgan fingerprint density at radius 2 is 1.71 bits per heavy atom. The van der Waals surface area contributed by atoms with Gasteiger partial charge in [0, 0.05) is 15.7 Å². The molecule has 0 aromatic heterocycles. The van der Waals surface area contributed by atoms with Crippen molar-refractivity contribution < 1.29 is 9.18 Å². The number of halogens is 3. The average molecular weight is 327 g/mol. The van der Waals surface area contributed by atoms with Crippen LogP contribution in [0.15, 0.2) is 36.4 Å². The zero-order valence-electron chi connectivity index (χ0n) is 11.2. The van der Waals surface area contributed by atoms with Gasteiger partial charge in [-0.1, -0.05) is 29.3 Å². The maximum atomic E-state index is 13.5. The number of aryl methyl sites for hydroxylation is 1. The van der Waals surface area contributed by atoms with Crippen LogP contribution in [-0.2, 0) is 4.79 Å². The van der Waals surface area contributed by atoms with Gasteiger partial charge in [0.2, 0.25) is 5.91 Å². The van der Waals surface area contributed by atoms with Gasteiger partial charge in [-0.25, -0.2) is 4.39 Å². The van der Waals surface area contributed by atoms with Crippen LogP contribution in [0.1, 0.15) is 5.56 Å². The van der Waals surface area contributed by atoms with Crippen LogP contribution in [0.4, 0.5) is 15.8 Å². The number of anilines is 2. The summed E-state index contributed by atoms with van der Waals surface area (Å²) in [7, 11) is 0. The lowest BCUT2D eigenvalue weighted by Crippen LogP contribution is -2.22. The predicted octanol–water partition coefficient (Wildman–Crippen LogP) is 4.49. The van der Waals surface area contributed by atoms with Gasteiger partial charge in [0.25, 0.3) is 0 Å². The Morgan fingerprint density at radius 3 is 2.43 bits per heavy atom. The van der Waals surface area contributed by atoms with E-state index in [4.69, 9.17) is 23.2 Å². The van der Waals surface area contributed by atoms with Gasteiger partial charge in [-0.3, -0.25) is 4.79 Å². The van der Waals surface area contributed by atoms with E-state index in [-0.39, 0.29) is 18.1 Å². The van der Waals surface area contributed by atoms with E-state index in [0.29, 0.717) is 10.0 Å². The number of benzene rings is 2. The minimum Gasteiger partial charge on any atom is -0.376 e. The summed E-state index contributed by atoms with van der Waals surface area (Å²) in [4.78, 5) is 11.8. The molecular weight excluding hydrogens is 314 g/mol. The van der Waals surface area contributed by atoms with Gasteiger partial charge in [0.05, 0.1) is 12.2 Å². The SMILES string of the molecule is Cc1ccc(Cl)cc1NCC(=O)Nc1cc(Cl)ccc1F. The summed E-state index contributed by atoms with van der Waals surface area (Å²) in [6.07, 6.45) is 0. The first-order chi connectivity index (χ1) is 9.95. The second-order valence-corrected chi connectivity index (χ2v) is 5.36. The molecule has 0 heterocycles. The van der Waals surface area contributed by atoms with Gasteiger partial charge in [-0.05, 0) is 42.8 Å². The first-order valence-corrected chi connectivity index (χ1v) is 6.96. The van der Waals surface area contributed by atoms with E-state index in [1.165, 1.54) is 18.2 Å². The number of rotatable bonds is 4. The quantitative estimate of drug-likeness (QED) is 0.869. The van der Waals surface area contributed by atoms with Crippen molar-refractivity contribution >= 4 is 40.5 Å². The molecule has 2 rings (SSSR count). The first-order valence-electron chi connectivity index (χ1n) is 6.20. The number of carbonyl (C=O) groups is 1. The van der Waals surface area contributed by atoms with Crippen LogP contribution in [-0.4, -0.2) is 12.5 Å². The molecule has 0 saturated carbocycles.